The van der Waals surface area contributed by atoms with Crippen LogP contribution in [0.4, 0.5) is 0 Å². The van der Waals surface area contributed by atoms with Crippen molar-refractivity contribution in [2.24, 2.45) is 0 Å². The van der Waals surface area contributed by atoms with E-state index in [1.165, 1.54) is 6.08 Å². The van der Waals surface area contributed by atoms with Gasteiger partial charge in [0.2, 0.25) is 0 Å². The Kier molecular flexibility index (Phi) is 6.58. The maximum absolute atomic E-state index is 12.3. The van der Waals surface area contributed by atoms with E-state index in [1.807, 2.05) is 0 Å². The third-order valence-corrected chi connectivity index (χ3v) is 4.36. The summed E-state index contributed by atoms with van der Waals surface area (Å²) >= 11 is 0. The number of carbonyl (C=O) groups is 1. The van der Waals surface area contributed by atoms with Crippen molar-refractivity contribution in [3.63, 3.8) is 0 Å². The van der Waals surface area contributed by atoms with Crippen molar-refractivity contribution in [2.45, 2.75) is 4.90 Å². The fourth-order valence-electron chi connectivity index (χ4n) is 2.12. The van der Waals surface area contributed by atoms with E-state index in [9.17, 15) is 4.79 Å². The molecule has 0 radical (unpaired) electrons. The van der Waals surface area contributed by atoms with Gasteiger partial charge in [-0.3, -0.25) is 4.79 Å². The van der Waals surface area contributed by atoms with Gasteiger partial charge < -0.3 is 14.2 Å². The van der Waals surface area contributed by atoms with E-state index in [2.05, 4.69) is 0 Å². The second-order valence-electron chi connectivity index (χ2n) is 4.75. The Morgan fingerprint density at radius 2 is 1.54 bits per heavy atom. The number of benzene rings is 2. The summed E-state index contributed by atoms with van der Waals surface area (Å²) in [6, 6.07) is 10.6. The molecule has 0 aliphatic carbocycles. The number of ether oxygens (including phenoxy) is 3. The first-order chi connectivity index (χ1) is 11.6. The lowest BCUT2D eigenvalue weighted by Crippen LogP contribution is -1.96. The standard InChI is InChI=1S/C18H17ClO4S/c1-21-16-11-18(23-3)17(22-2)10-13(16)6-9-15(20)12-4-7-14(24-19)8-5-12/h4-11H,1-3H3. The van der Waals surface area contributed by atoms with Crippen molar-refractivity contribution in [1.82, 2.24) is 0 Å². The highest BCUT2D eigenvalue weighted by Gasteiger charge is 2.10. The maximum Gasteiger partial charge on any atom is 0.185 e. The van der Waals surface area contributed by atoms with Crippen LogP contribution in [0.15, 0.2) is 47.4 Å². The van der Waals surface area contributed by atoms with Gasteiger partial charge >= 0.3 is 0 Å². The third kappa shape index (κ3) is 4.24. The van der Waals surface area contributed by atoms with E-state index >= 15 is 0 Å². The number of methoxy groups -OCH3 is 3. The Balaban J connectivity index is 2.27. The molecule has 0 aliphatic heterocycles. The van der Waals surface area contributed by atoms with Crippen molar-refractivity contribution >= 4 is 33.5 Å². The molecule has 0 spiro atoms. The van der Waals surface area contributed by atoms with Crippen LogP contribution in [-0.4, -0.2) is 27.1 Å². The minimum atomic E-state index is -0.113. The first kappa shape index (κ1) is 18.2. The Morgan fingerprint density at radius 3 is 2.08 bits per heavy atom. The average Bonchev–Trinajstić information content (AvgIpc) is 2.65. The van der Waals surface area contributed by atoms with Crippen LogP contribution in [0, 0.1) is 0 Å². The lowest BCUT2D eigenvalue weighted by molar-refractivity contribution is 0.104. The van der Waals surface area contributed by atoms with E-state index in [0.29, 0.717) is 22.8 Å². The lowest BCUT2D eigenvalue weighted by Gasteiger charge is -2.12. The van der Waals surface area contributed by atoms with Crippen molar-refractivity contribution in [3.05, 3.63) is 53.6 Å². The molecule has 0 aliphatic rings. The van der Waals surface area contributed by atoms with Gasteiger partial charge in [0.1, 0.15) is 5.75 Å². The predicted octanol–water partition coefficient (Wildman–Crippen LogP) is 4.85. The summed E-state index contributed by atoms with van der Waals surface area (Å²) in [7, 11) is 11.4. The molecule has 2 aromatic carbocycles. The molecule has 0 fully saturated rings. The molecule has 2 rings (SSSR count). The molecule has 0 saturated carbocycles. The largest absolute Gasteiger partial charge is 0.496 e. The molecular formula is C18H17ClO4S. The Hall–Kier alpha value is -2.11. The van der Waals surface area contributed by atoms with Crippen LogP contribution < -0.4 is 14.2 Å². The molecule has 126 valence electrons. The van der Waals surface area contributed by atoms with Gasteiger partial charge in [-0.25, -0.2) is 0 Å². The number of hydrogen-bond acceptors (Lipinski definition) is 5. The number of hydrogen-bond donors (Lipinski definition) is 0. The minimum absolute atomic E-state index is 0.113. The predicted molar refractivity (Wildman–Crippen MR) is 97.6 cm³/mol. The van der Waals surface area contributed by atoms with Crippen LogP contribution in [0.3, 0.4) is 0 Å². The molecule has 4 nitrogen and oxygen atoms in total. The smallest absolute Gasteiger partial charge is 0.185 e. The van der Waals surface area contributed by atoms with Gasteiger partial charge in [-0.05, 0) is 64.1 Å². The molecule has 0 atom stereocenters. The van der Waals surface area contributed by atoms with Crippen molar-refractivity contribution in [2.75, 3.05) is 21.3 Å². The molecule has 0 N–H and O–H groups in total. The zero-order valence-corrected chi connectivity index (χ0v) is 15.1. The van der Waals surface area contributed by atoms with Gasteiger partial charge in [0.05, 0.1) is 21.3 Å². The molecule has 0 aromatic heterocycles. The third-order valence-electron chi connectivity index (χ3n) is 3.38. The average molecular weight is 365 g/mol. The number of rotatable bonds is 7. The monoisotopic (exact) mass is 364 g/mol. The second kappa shape index (κ2) is 8.66. The van der Waals surface area contributed by atoms with Crippen LogP contribution in [0.1, 0.15) is 15.9 Å². The number of halogens is 1. The van der Waals surface area contributed by atoms with Crippen LogP contribution in [0.25, 0.3) is 6.08 Å². The van der Waals surface area contributed by atoms with E-state index < -0.39 is 0 Å². The van der Waals surface area contributed by atoms with Crippen LogP contribution in [-0.2, 0) is 0 Å². The quantitative estimate of drug-likeness (QED) is 0.519. The highest BCUT2D eigenvalue weighted by Crippen LogP contribution is 2.35. The fourth-order valence-corrected chi connectivity index (χ4v) is 2.66. The van der Waals surface area contributed by atoms with Gasteiger partial charge in [0.15, 0.2) is 17.3 Å². The van der Waals surface area contributed by atoms with Crippen LogP contribution in [0.2, 0.25) is 0 Å². The molecule has 0 amide bonds. The molecule has 0 saturated heterocycles. The molecule has 0 unspecified atom stereocenters. The zero-order valence-electron chi connectivity index (χ0n) is 13.5. The SMILES string of the molecule is COc1cc(OC)c(OC)cc1C=CC(=O)c1ccc(SCl)cc1. The van der Waals surface area contributed by atoms with Gasteiger partial charge in [-0.15, -0.1) is 0 Å². The highest BCUT2D eigenvalue weighted by atomic mass is 35.7. The van der Waals surface area contributed by atoms with Gasteiger partial charge in [-0.1, -0.05) is 0 Å². The summed E-state index contributed by atoms with van der Waals surface area (Å²) in [5, 5.41) is 0. The van der Waals surface area contributed by atoms with E-state index in [-0.39, 0.29) is 5.78 Å². The Labute approximate surface area is 149 Å². The Morgan fingerprint density at radius 1 is 0.958 bits per heavy atom. The van der Waals surface area contributed by atoms with Gasteiger partial charge in [-0.2, -0.15) is 0 Å². The first-order valence-corrected chi connectivity index (χ1v) is 8.68. The summed E-state index contributed by atoms with van der Waals surface area (Å²) in [4.78, 5) is 13.2. The minimum Gasteiger partial charge on any atom is -0.496 e. The van der Waals surface area contributed by atoms with Crippen molar-refractivity contribution in [3.8, 4) is 17.2 Å². The van der Waals surface area contributed by atoms with E-state index in [4.69, 9.17) is 24.9 Å². The highest BCUT2D eigenvalue weighted by molar-refractivity contribution is 8.21. The summed E-state index contributed by atoms with van der Waals surface area (Å²) in [5.41, 5.74) is 1.30. The molecule has 24 heavy (non-hydrogen) atoms. The van der Waals surface area contributed by atoms with Crippen molar-refractivity contribution in [1.29, 1.82) is 0 Å². The fraction of sp³-hybridized carbons (Fsp3) is 0.167. The topological polar surface area (TPSA) is 44.8 Å². The second-order valence-corrected chi connectivity index (χ2v) is 5.84. The molecule has 0 bridgehead atoms. The van der Waals surface area contributed by atoms with E-state index in [0.717, 1.165) is 21.4 Å². The molecule has 6 heteroatoms. The maximum atomic E-state index is 12.3. The van der Waals surface area contributed by atoms with Crippen LogP contribution in [0.5, 0.6) is 17.2 Å². The van der Waals surface area contributed by atoms with Gasteiger partial charge in [0.25, 0.3) is 0 Å². The molecular weight excluding hydrogens is 348 g/mol. The van der Waals surface area contributed by atoms with Crippen molar-refractivity contribution < 1.29 is 19.0 Å². The summed E-state index contributed by atoms with van der Waals surface area (Å²) in [6.45, 7) is 0. The summed E-state index contributed by atoms with van der Waals surface area (Å²) in [6.07, 6.45) is 3.18. The molecule has 2 aromatic rings. The summed E-state index contributed by atoms with van der Waals surface area (Å²) < 4.78 is 15.9. The normalized spacial score (nSPS) is 10.7. The number of carbonyl (C=O) groups excluding carboxylic acids is 1. The lowest BCUT2D eigenvalue weighted by atomic mass is 10.1. The Bertz CT molecular complexity index is 741. The van der Waals surface area contributed by atoms with E-state index in [1.54, 1.807) is 63.8 Å². The molecule has 0 heterocycles. The zero-order chi connectivity index (χ0) is 17.5. The first-order valence-electron chi connectivity index (χ1n) is 7.04. The number of allylic oxidation sites excluding steroid dienone is 1. The van der Waals surface area contributed by atoms with Gasteiger partial charge in [0, 0.05) is 22.1 Å². The summed E-state index contributed by atoms with van der Waals surface area (Å²) in [5.74, 6) is 1.60. The number of ketones is 1. The van der Waals surface area contributed by atoms with Crippen LogP contribution >= 0.6 is 21.7 Å².